The van der Waals surface area contributed by atoms with E-state index in [1.54, 1.807) is 12.3 Å². The molecule has 8 rings (SSSR count). The van der Waals surface area contributed by atoms with Gasteiger partial charge in [-0.05, 0) is 37.6 Å². The fourth-order valence-electron chi connectivity index (χ4n) is 5.01. The number of furan rings is 2. The normalized spacial score (nSPS) is 13.0. The first kappa shape index (κ1) is 25.2. The maximum absolute atomic E-state index is 6.53. The van der Waals surface area contributed by atoms with E-state index in [4.69, 9.17) is 18.3 Å². The Bertz CT molecular complexity index is 2080. The van der Waals surface area contributed by atoms with Crippen molar-refractivity contribution in [3.05, 3.63) is 116 Å². The second-order valence-electron chi connectivity index (χ2n) is 9.49. The SMILES string of the molecule is CN1C=CN(c2[c-]c(Oc3[c-]c(Oc4ccccn4)cc4c3oc3ccccc34)cc3c2oc2ccccc23)[CH-]1.[Pt]. The summed E-state index contributed by atoms with van der Waals surface area (Å²) in [5.41, 5.74) is 3.54. The van der Waals surface area contributed by atoms with Gasteiger partial charge in [0.1, 0.15) is 11.2 Å². The molecule has 0 N–H and O–H groups in total. The topological polar surface area (TPSA) is 64.1 Å². The molecule has 1 aliphatic heterocycles. The van der Waals surface area contributed by atoms with Crippen LogP contribution in [0.2, 0.25) is 0 Å². The molecule has 0 bridgehead atoms. The molecule has 0 amide bonds. The molecule has 204 valence electrons. The van der Waals surface area contributed by atoms with Crippen LogP contribution in [0.4, 0.5) is 5.69 Å². The Balaban J connectivity index is 0.00000276. The summed E-state index contributed by atoms with van der Waals surface area (Å²) in [6.07, 6.45) is 5.59. The van der Waals surface area contributed by atoms with E-state index in [0.717, 1.165) is 44.0 Å². The summed E-state index contributed by atoms with van der Waals surface area (Å²) in [6.45, 7) is 1.95. The fraction of sp³-hybridized carbons (Fsp3) is 0.0303. The second-order valence-corrected chi connectivity index (χ2v) is 9.49. The molecule has 1 aliphatic rings. The van der Waals surface area contributed by atoms with Crippen LogP contribution in [-0.4, -0.2) is 16.9 Å². The van der Waals surface area contributed by atoms with Crippen molar-refractivity contribution in [2.45, 2.75) is 0 Å². The summed E-state index contributed by atoms with van der Waals surface area (Å²) < 4.78 is 25.1. The molecule has 8 heteroatoms. The van der Waals surface area contributed by atoms with Crippen molar-refractivity contribution in [3.63, 3.8) is 0 Å². The van der Waals surface area contributed by atoms with Gasteiger partial charge in [0.05, 0.1) is 11.3 Å². The third kappa shape index (κ3) is 4.39. The van der Waals surface area contributed by atoms with Crippen molar-refractivity contribution in [2.24, 2.45) is 0 Å². The van der Waals surface area contributed by atoms with Crippen LogP contribution < -0.4 is 14.4 Å². The quantitative estimate of drug-likeness (QED) is 0.166. The molecule has 3 aromatic heterocycles. The summed E-state index contributed by atoms with van der Waals surface area (Å²) in [5, 5.41) is 3.70. The van der Waals surface area contributed by atoms with Gasteiger partial charge in [0.25, 0.3) is 0 Å². The fourth-order valence-corrected chi connectivity index (χ4v) is 5.01. The van der Waals surface area contributed by atoms with Crippen molar-refractivity contribution in [2.75, 3.05) is 11.9 Å². The number of fused-ring (bicyclic) bond motifs is 6. The number of ether oxygens (including phenoxy) is 2. The van der Waals surface area contributed by atoms with Crippen LogP contribution in [-0.2, 0) is 21.1 Å². The van der Waals surface area contributed by atoms with Gasteiger partial charge in [0.2, 0.25) is 5.88 Å². The number of rotatable bonds is 5. The average molecular weight is 718 g/mol. The van der Waals surface area contributed by atoms with Gasteiger partial charge in [-0.1, -0.05) is 65.0 Å². The zero-order valence-corrected chi connectivity index (χ0v) is 23.9. The standard InChI is InChI=1S/C33H20N3O4.Pt/c1-35-14-15-36(20-35)27-18-21(16-25-23-8-2-4-10-28(23)39-32(25)27)37-30-19-22(38-31-12-6-7-13-34-31)17-26-24-9-3-5-11-29(24)40-33(26)30;/h2-17,20H,1H3;/q-3;. The van der Waals surface area contributed by atoms with E-state index < -0.39 is 0 Å². The molecule has 0 radical (unpaired) electrons. The summed E-state index contributed by atoms with van der Waals surface area (Å²) in [6, 6.07) is 31.8. The number of para-hydroxylation sites is 2. The molecule has 0 atom stereocenters. The molecule has 41 heavy (non-hydrogen) atoms. The van der Waals surface area contributed by atoms with Crippen molar-refractivity contribution < 1.29 is 39.4 Å². The predicted octanol–water partition coefficient (Wildman–Crippen LogP) is 8.41. The Morgan fingerprint density at radius 2 is 1.39 bits per heavy atom. The van der Waals surface area contributed by atoms with Gasteiger partial charge in [-0.2, -0.15) is 6.67 Å². The molecule has 7 nitrogen and oxygen atoms in total. The molecule has 4 heterocycles. The van der Waals surface area contributed by atoms with E-state index >= 15 is 0 Å². The second kappa shape index (κ2) is 10.0. The van der Waals surface area contributed by atoms with E-state index in [0.29, 0.717) is 28.7 Å². The number of aromatic nitrogens is 1. The molecule has 0 spiro atoms. The van der Waals surface area contributed by atoms with Crippen LogP contribution in [0.3, 0.4) is 0 Å². The first-order valence-electron chi connectivity index (χ1n) is 12.7. The maximum atomic E-state index is 6.53. The zero-order valence-electron chi connectivity index (χ0n) is 21.6. The van der Waals surface area contributed by atoms with Crippen LogP contribution >= 0.6 is 0 Å². The molecule has 0 saturated heterocycles. The van der Waals surface area contributed by atoms with Crippen molar-refractivity contribution in [1.82, 2.24) is 9.88 Å². The molecule has 0 fully saturated rings. The van der Waals surface area contributed by atoms with Gasteiger partial charge in [0, 0.05) is 61.2 Å². The largest absolute Gasteiger partial charge is 0.514 e. The van der Waals surface area contributed by atoms with E-state index in [9.17, 15) is 0 Å². The number of nitrogens with zero attached hydrogens (tertiary/aromatic N) is 3. The van der Waals surface area contributed by atoms with Crippen molar-refractivity contribution in [3.8, 4) is 23.1 Å². The van der Waals surface area contributed by atoms with Gasteiger partial charge >= 0.3 is 0 Å². The number of pyridine rings is 1. The number of hydrogen-bond acceptors (Lipinski definition) is 7. The number of benzene rings is 4. The van der Waals surface area contributed by atoms with Gasteiger partial charge in [-0.15, -0.1) is 18.2 Å². The van der Waals surface area contributed by atoms with E-state index in [1.807, 2.05) is 109 Å². The zero-order chi connectivity index (χ0) is 26.6. The monoisotopic (exact) mass is 717 g/mol. The van der Waals surface area contributed by atoms with Gasteiger partial charge < -0.3 is 28.1 Å². The van der Waals surface area contributed by atoms with Gasteiger partial charge in [0.15, 0.2) is 0 Å². The number of anilines is 1. The summed E-state index contributed by atoms with van der Waals surface area (Å²) in [4.78, 5) is 8.21. The van der Waals surface area contributed by atoms with Crippen molar-refractivity contribution in [1.29, 1.82) is 0 Å². The van der Waals surface area contributed by atoms with E-state index in [2.05, 4.69) is 17.1 Å². The minimum atomic E-state index is 0. The van der Waals surface area contributed by atoms with Crippen LogP contribution in [0.25, 0.3) is 43.9 Å². The Labute approximate surface area is 249 Å². The Hall–Kier alpha value is -4.74. The van der Waals surface area contributed by atoms with E-state index in [-0.39, 0.29) is 21.1 Å². The molecule has 4 aromatic carbocycles. The molecule has 7 aromatic rings. The first-order chi connectivity index (χ1) is 19.7. The number of hydrogen-bond donors (Lipinski definition) is 0. The molecular weight excluding hydrogens is 697 g/mol. The molecule has 0 unspecified atom stereocenters. The van der Waals surface area contributed by atoms with Crippen LogP contribution in [0.1, 0.15) is 0 Å². The van der Waals surface area contributed by atoms with Gasteiger partial charge in [-0.25, -0.2) is 4.98 Å². The summed E-state index contributed by atoms with van der Waals surface area (Å²) in [7, 11) is 1.97. The smallest absolute Gasteiger partial charge is 0.216 e. The maximum Gasteiger partial charge on any atom is 0.216 e. The first-order valence-corrected chi connectivity index (χ1v) is 12.7. The Kier molecular flexibility index (Phi) is 6.17. The average Bonchev–Trinajstić information content (AvgIpc) is 3.69. The molecule has 0 saturated carbocycles. The van der Waals surface area contributed by atoms with Gasteiger partial charge in [-0.3, -0.25) is 0 Å². The Morgan fingerprint density at radius 3 is 2.07 bits per heavy atom. The third-order valence-electron chi connectivity index (χ3n) is 6.81. The third-order valence-corrected chi connectivity index (χ3v) is 6.81. The summed E-state index contributed by atoms with van der Waals surface area (Å²) in [5.74, 6) is 1.78. The van der Waals surface area contributed by atoms with Crippen LogP contribution in [0.15, 0.2) is 106 Å². The minimum Gasteiger partial charge on any atom is -0.514 e. The van der Waals surface area contributed by atoms with Crippen LogP contribution in [0, 0.1) is 18.8 Å². The molecular formula is C33H20N3O4Pt-3. The van der Waals surface area contributed by atoms with E-state index in [1.165, 1.54) is 0 Å². The predicted molar refractivity (Wildman–Crippen MR) is 153 cm³/mol. The minimum absolute atomic E-state index is 0. The summed E-state index contributed by atoms with van der Waals surface area (Å²) >= 11 is 0. The van der Waals surface area contributed by atoms with Crippen molar-refractivity contribution >= 4 is 49.6 Å². The van der Waals surface area contributed by atoms with Crippen LogP contribution in [0.5, 0.6) is 23.1 Å². The Morgan fingerprint density at radius 1 is 0.732 bits per heavy atom. The molecule has 0 aliphatic carbocycles.